The summed E-state index contributed by atoms with van der Waals surface area (Å²) in [6.45, 7) is 1.75. The lowest BCUT2D eigenvalue weighted by molar-refractivity contribution is -0.118. The molecule has 2 unspecified atom stereocenters. The van der Waals surface area contributed by atoms with E-state index in [0.29, 0.717) is 11.3 Å². The average molecular weight is 234 g/mol. The summed E-state index contributed by atoms with van der Waals surface area (Å²) in [5, 5.41) is 12.5. The van der Waals surface area contributed by atoms with Gasteiger partial charge in [-0.3, -0.25) is 9.59 Å². The molecule has 1 aliphatic rings. The molecule has 0 saturated heterocycles. The van der Waals surface area contributed by atoms with Crippen molar-refractivity contribution in [3.05, 3.63) is 23.8 Å². The summed E-state index contributed by atoms with van der Waals surface area (Å²) in [7, 11) is 0. The van der Waals surface area contributed by atoms with Crippen molar-refractivity contribution < 1.29 is 14.7 Å². The molecule has 17 heavy (non-hydrogen) atoms. The van der Waals surface area contributed by atoms with E-state index in [4.69, 9.17) is 5.73 Å². The van der Waals surface area contributed by atoms with E-state index >= 15 is 0 Å². The first-order valence-electron chi connectivity index (χ1n) is 5.41. The molecule has 1 aliphatic heterocycles. The Bertz CT molecular complexity index is 485. The van der Waals surface area contributed by atoms with Gasteiger partial charge in [0.15, 0.2) is 5.78 Å². The van der Waals surface area contributed by atoms with Crippen molar-refractivity contribution in [1.82, 2.24) is 0 Å². The number of aromatic hydroxyl groups is 1. The van der Waals surface area contributed by atoms with Crippen LogP contribution in [-0.2, 0) is 4.79 Å². The van der Waals surface area contributed by atoms with Gasteiger partial charge in [-0.15, -0.1) is 0 Å². The monoisotopic (exact) mass is 234 g/mol. The first-order valence-corrected chi connectivity index (χ1v) is 5.41. The van der Waals surface area contributed by atoms with E-state index < -0.39 is 5.91 Å². The highest BCUT2D eigenvalue weighted by Gasteiger charge is 2.32. The summed E-state index contributed by atoms with van der Waals surface area (Å²) in [5.74, 6) is -0.804. The van der Waals surface area contributed by atoms with Gasteiger partial charge in [-0.05, 0) is 18.2 Å². The number of hydrogen-bond acceptors (Lipinski definition) is 4. The number of rotatable bonds is 2. The molecule has 4 N–H and O–H groups in total. The molecule has 1 aromatic rings. The molecule has 2 rings (SSSR count). The predicted octanol–water partition coefficient (Wildman–Crippen LogP) is 0.881. The number of Topliss-reactive ketones (excluding diaryl/α,β-unsaturated/α-hetero) is 1. The standard InChI is InChI=1S/C12H14N2O3/c1-6-10(5-11(13)16)14-9-3-2-7(15)4-8(9)12(6)17/h2-4,6,10,14-15H,5H2,1H3,(H2,13,16). The molecule has 0 aromatic heterocycles. The number of nitrogens with one attached hydrogen (secondary N) is 1. The zero-order valence-corrected chi connectivity index (χ0v) is 9.43. The molecule has 1 aromatic carbocycles. The quantitative estimate of drug-likeness (QED) is 0.662. The van der Waals surface area contributed by atoms with Crippen LogP contribution in [0, 0.1) is 5.92 Å². The van der Waals surface area contributed by atoms with Crippen LogP contribution in [0.5, 0.6) is 5.75 Å². The van der Waals surface area contributed by atoms with Crippen LogP contribution in [0.15, 0.2) is 18.2 Å². The van der Waals surface area contributed by atoms with Crippen molar-refractivity contribution >= 4 is 17.4 Å². The van der Waals surface area contributed by atoms with Crippen molar-refractivity contribution in [2.24, 2.45) is 11.7 Å². The number of fused-ring (bicyclic) bond motifs is 1. The van der Waals surface area contributed by atoms with E-state index in [-0.39, 0.29) is 29.9 Å². The molecular weight excluding hydrogens is 220 g/mol. The van der Waals surface area contributed by atoms with Gasteiger partial charge in [0.2, 0.25) is 5.91 Å². The molecule has 90 valence electrons. The lowest BCUT2D eigenvalue weighted by Gasteiger charge is -2.30. The number of phenolic OH excluding ortho intramolecular Hbond substituents is 1. The van der Waals surface area contributed by atoms with E-state index in [1.54, 1.807) is 13.0 Å². The van der Waals surface area contributed by atoms with E-state index in [9.17, 15) is 14.7 Å². The highest BCUT2D eigenvalue weighted by Crippen LogP contribution is 2.31. The van der Waals surface area contributed by atoms with Gasteiger partial charge >= 0.3 is 0 Å². The number of carbonyl (C=O) groups is 2. The second-order valence-electron chi connectivity index (χ2n) is 4.30. The Morgan fingerprint density at radius 3 is 2.88 bits per heavy atom. The third-order valence-corrected chi connectivity index (χ3v) is 3.05. The van der Waals surface area contributed by atoms with Gasteiger partial charge in [0.05, 0.1) is 0 Å². The molecule has 0 bridgehead atoms. The Morgan fingerprint density at radius 2 is 2.24 bits per heavy atom. The van der Waals surface area contributed by atoms with E-state index in [0.717, 1.165) is 0 Å². The Morgan fingerprint density at radius 1 is 1.53 bits per heavy atom. The molecule has 5 nitrogen and oxygen atoms in total. The van der Waals surface area contributed by atoms with Crippen LogP contribution in [0.2, 0.25) is 0 Å². The fraction of sp³-hybridized carbons (Fsp3) is 0.333. The molecule has 0 radical (unpaired) electrons. The van der Waals surface area contributed by atoms with Crippen LogP contribution in [0.4, 0.5) is 5.69 Å². The number of phenols is 1. The van der Waals surface area contributed by atoms with Gasteiger partial charge < -0.3 is 16.2 Å². The van der Waals surface area contributed by atoms with Gasteiger partial charge in [-0.2, -0.15) is 0 Å². The zero-order chi connectivity index (χ0) is 12.6. The molecule has 2 atom stereocenters. The van der Waals surface area contributed by atoms with Crippen molar-refractivity contribution in [2.75, 3.05) is 5.32 Å². The minimum atomic E-state index is -0.440. The number of anilines is 1. The molecule has 1 heterocycles. The summed E-state index contributed by atoms with van der Waals surface area (Å²) in [6, 6.07) is 4.28. The van der Waals surface area contributed by atoms with Gasteiger partial charge in [0.1, 0.15) is 5.75 Å². The lowest BCUT2D eigenvalue weighted by Crippen LogP contribution is -2.40. The summed E-state index contributed by atoms with van der Waals surface area (Å²) in [5.41, 5.74) is 6.24. The zero-order valence-electron chi connectivity index (χ0n) is 9.43. The summed E-state index contributed by atoms with van der Waals surface area (Å²) >= 11 is 0. The highest BCUT2D eigenvalue weighted by molar-refractivity contribution is 6.05. The van der Waals surface area contributed by atoms with E-state index in [1.165, 1.54) is 12.1 Å². The van der Waals surface area contributed by atoms with Gasteiger partial charge in [-0.25, -0.2) is 0 Å². The summed E-state index contributed by atoms with van der Waals surface area (Å²) in [4.78, 5) is 23.0. The van der Waals surface area contributed by atoms with Crippen LogP contribution in [0.3, 0.4) is 0 Å². The average Bonchev–Trinajstić information content (AvgIpc) is 2.26. The van der Waals surface area contributed by atoms with Gasteiger partial charge in [0, 0.05) is 29.6 Å². The molecule has 1 amide bonds. The minimum Gasteiger partial charge on any atom is -0.508 e. The van der Waals surface area contributed by atoms with Crippen molar-refractivity contribution in [2.45, 2.75) is 19.4 Å². The lowest BCUT2D eigenvalue weighted by atomic mass is 9.85. The van der Waals surface area contributed by atoms with Crippen LogP contribution >= 0.6 is 0 Å². The maximum Gasteiger partial charge on any atom is 0.219 e. The maximum absolute atomic E-state index is 12.1. The van der Waals surface area contributed by atoms with Crippen LogP contribution < -0.4 is 11.1 Å². The van der Waals surface area contributed by atoms with E-state index in [1.807, 2.05) is 0 Å². The number of primary amides is 1. The first-order chi connectivity index (χ1) is 7.99. The van der Waals surface area contributed by atoms with E-state index in [2.05, 4.69) is 5.32 Å². The van der Waals surface area contributed by atoms with Gasteiger partial charge in [0.25, 0.3) is 0 Å². The van der Waals surface area contributed by atoms with Crippen molar-refractivity contribution in [3.8, 4) is 5.75 Å². The predicted molar refractivity (Wildman–Crippen MR) is 62.8 cm³/mol. The molecule has 0 saturated carbocycles. The number of ketones is 1. The maximum atomic E-state index is 12.1. The largest absolute Gasteiger partial charge is 0.508 e. The second kappa shape index (κ2) is 4.08. The number of hydrogen-bond donors (Lipinski definition) is 3. The first kappa shape index (κ1) is 11.4. The Kier molecular flexibility index (Phi) is 2.75. The molecular formula is C12H14N2O3. The Balaban J connectivity index is 2.35. The van der Waals surface area contributed by atoms with Crippen LogP contribution in [0.25, 0.3) is 0 Å². The number of carbonyl (C=O) groups excluding carboxylic acids is 2. The van der Waals surface area contributed by atoms with Crippen LogP contribution in [0.1, 0.15) is 23.7 Å². The van der Waals surface area contributed by atoms with Gasteiger partial charge in [-0.1, -0.05) is 6.92 Å². The minimum absolute atomic E-state index is 0.0550. The Hall–Kier alpha value is -2.04. The Labute approximate surface area is 98.6 Å². The topological polar surface area (TPSA) is 92.4 Å². The molecule has 0 spiro atoms. The molecule has 5 heteroatoms. The van der Waals surface area contributed by atoms with Crippen LogP contribution in [-0.4, -0.2) is 22.8 Å². The fourth-order valence-electron chi connectivity index (χ4n) is 2.06. The SMILES string of the molecule is CC1C(=O)c2cc(O)ccc2NC1CC(N)=O. The normalized spacial score (nSPS) is 22.8. The number of benzene rings is 1. The second-order valence-corrected chi connectivity index (χ2v) is 4.30. The summed E-state index contributed by atoms with van der Waals surface area (Å²) < 4.78 is 0. The molecule has 0 aliphatic carbocycles. The fourth-order valence-corrected chi connectivity index (χ4v) is 2.06. The third kappa shape index (κ3) is 2.08. The van der Waals surface area contributed by atoms with Crippen molar-refractivity contribution in [1.29, 1.82) is 0 Å². The number of nitrogens with two attached hydrogens (primary N) is 1. The van der Waals surface area contributed by atoms with Crippen molar-refractivity contribution in [3.63, 3.8) is 0 Å². The number of amides is 1. The smallest absolute Gasteiger partial charge is 0.219 e. The highest BCUT2D eigenvalue weighted by atomic mass is 16.3. The summed E-state index contributed by atoms with van der Waals surface area (Å²) in [6.07, 6.45) is 0.118. The third-order valence-electron chi connectivity index (χ3n) is 3.05. The molecule has 0 fully saturated rings.